The average Bonchev–Trinajstić information content (AvgIpc) is 3.50. The van der Waals surface area contributed by atoms with E-state index in [9.17, 15) is 9.18 Å². The Kier molecular flexibility index (Phi) is 7.93. The number of aryl methyl sites for hydroxylation is 3. The average molecular weight is 574 g/mol. The maximum atomic E-state index is 15.8. The predicted molar refractivity (Wildman–Crippen MR) is 157 cm³/mol. The largest absolute Gasteiger partial charge is 0.493 e. The van der Waals surface area contributed by atoms with E-state index in [1.165, 1.54) is 12.1 Å². The first-order chi connectivity index (χ1) is 20.5. The molecule has 0 aliphatic carbocycles. The number of nitrogens with zero attached hydrogens (tertiary/aromatic N) is 2. The van der Waals surface area contributed by atoms with Gasteiger partial charge in [0.2, 0.25) is 0 Å². The lowest BCUT2D eigenvalue weighted by Gasteiger charge is -2.14. The number of rotatable bonds is 7. The van der Waals surface area contributed by atoms with Crippen molar-refractivity contribution < 1.29 is 27.8 Å². The molecule has 3 heterocycles. The van der Waals surface area contributed by atoms with Crippen LogP contribution in [0.1, 0.15) is 53.6 Å². The standard InChI is InChI=1S/C33H33F2N3O4/c1-3-41-33(39)32-23(11-8-18-42-28-15-14-25(34)21-9-4-5-10-22(21)28)24-12-13-26(35)30-29-20(2)36-37-27(29)19-40-17-7-6-16-38(32)31(24)30/h4-5,9-10,12-15H,3,6-8,11,16-19H2,1-2H3,(H,36,37). The molecular formula is C33H33F2N3O4. The van der Waals surface area contributed by atoms with Gasteiger partial charge in [0.05, 0.1) is 31.0 Å². The number of fused-ring (bicyclic) bond motifs is 3. The molecule has 2 aromatic heterocycles. The fourth-order valence-electron chi connectivity index (χ4n) is 5.99. The maximum Gasteiger partial charge on any atom is 0.355 e. The van der Waals surface area contributed by atoms with Gasteiger partial charge in [-0.25, -0.2) is 13.6 Å². The molecule has 218 valence electrons. The molecule has 1 N–H and O–H groups in total. The molecule has 5 aromatic rings. The number of hydrogen-bond donors (Lipinski definition) is 1. The molecule has 0 saturated heterocycles. The highest BCUT2D eigenvalue weighted by Gasteiger charge is 2.29. The Morgan fingerprint density at radius 3 is 2.67 bits per heavy atom. The van der Waals surface area contributed by atoms with Crippen LogP contribution in [0.4, 0.5) is 8.78 Å². The summed E-state index contributed by atoms with van der Waals surface area (Å²) in [5.74, 6) is -0.519. The first kappa shape index (κ1) is 27.9. The normalized spacial score (nSPS) is 13.6. The van der Waals surface area contributed by atoms with Gasteiger partial charge in [0.15, 0.2) is 0 Å². The number of aromatic amines is 1. The Labute approximate surface area is 242 Å². The van der Waals surface area contributed by atoms with Crippen LogP contribution >= 0.6 is 0 Å². The lowest BCUT2D eigenvalue weighted by Crippen LogP contribution is -2.15. The molecule has 42 heavy (non-hydrogen) atoms. The van der Waals surface area contributed by atoms with Crippen LogP contribution in [0, 0.1) is 18.6 Å². The number of H-pyrrole nitrogens is 1. The van der Waals surface area contributed by atoms with Crippen LogP contribution in [-0.4, -0.2) is 40.6 Å². The van der Waals surface area contributed by atoms with Crippen LogP contribution in [0.2, 0.25) is 0 Å². The number of nitrogens with one attached hydrogen (secondary N) is 1. The number of benzene rings is 3. The Bertz CT molecular complexity index is 1770. The molecule has 0 atom stereocenters. The topological polar surface area (TPSA) is 78.4 Å². The minimum Gasteiger partial charge on any atom is -0.493 e. The fourth-order valence-corrected chi connectivity index (χ4v) is 5.99. The van der Waals surface area contributed by atoms with Crippen LogP contribution in [0.25, 0.3) is 32.8 Å². The Hall–Kier alpha value is -4.24. The van der Waals surface area contributed by atoms with Crippen LogP contribution in [0.3, 0.4) is 0 Å². The quantitative estimate of drug-likeness (QED) is 0.164. The van der Waals surface area contributed by atoms with E-state index >= 15 is 4.39 Å². The molecule has 0 amide bonds. The number of carbonyl (C=O) groups excluding carboxylic acids is 1. The number of aromatic nitrogens is 3. The third-order valence-corrected chi connectivity index (χ3v) is 7.84. The van der Waals surface area contributed by atoms with Crippen molar-refractivity contribution in [2.24, 2.45) is 0 Å². The third-order valence-electron chi connectivity index (χ3n) is 7.84. The summed E-state index contributed by atoms with van der Waals surface area (Å²) in [6, 6.07) is 13.5. The van der Waals surface area contributed by atoms with Crippen LogP contribution in [0.5, 0.6) is 5.75 Å². The smallest absolute Gasteiger partial charge is 0.355 e. The number of halogens is 2. The summed E-state index contributed by atoms with van der Waals surface area (Å²) in [7, 11) is 0. The van der Waals surface area contributed by atoms with Crippen LogP contribution in [0.15, 0.2) is 48.5 Å². The van der Waals surface area contributed by atoms with E-state index in [0.29, 0.717) is 77.2 Å². The highest BCUT2D eigenvalue weighted by molar-refractivity contribution is 6.05. The van der Waals surface area contributed by atoms with Gasteiger partial charge in [-0.2, -0.15) is 5.10 Å². The van der Waals surface area contributed by atoms with E-state index in [0.717, 1.165) is 29.5 Å². The van der Waals surface area contributed by atoms with Gasteiger partial charge < -0.3 is 18.8 Å². The third kappa shape index (κ3) is 5.02. The summed E-state index contributed by atoms with van der Waals surface area (Å²) in [4.78, 5) is 13.5. The highest BCUT2D eigenvalue weighted by Crippen LogP contribution is 2.40. The first-order valence-electron chi connectivity index (χ1n) is 14.4. The summed E-state index contributed by atoms with van der Waals surface area (Å²) in [6.07, 6.45) is 2.60. The second-order valence-corrected chi connectivity index (χ2v) is 10.5. The molecule has 0 radical (unpaired) electrons. The molecule has 0 bridgehead atoms. The van der Waals surface area contributed by atoms with Gasteiger partial charge in [-0.3, -0.25) is 5.10 Å². The lowest BCUT2D eigenvalue weighted by molar-refractivity contribution is 0.0512. The molecule has 0 saturated carbocycles. The summed E-state index contributed by atoms with van der Waals surface area (Å²) in [6.45, 7) is 5.52. The van der Waals surface area contributed by atoms with E-state index in [4.69, 9.17) is 14.2 Å². The van der Waals surface area contributed by atoms with Gasteiger partial charge in [-0.15, -0.1) is 0 Å². The number of carbonyl (C=O) groups is 1. The number of ether oxygens (including phenoxy) is 3. The zero-order chi connectivity index (χ0) is 29.2. The minimum atomic E-state index is -0.434. The SMILES string of the molecule is CCOC(=O)c1c(CCCOc2ccc(F)c3ccccc23)c2ccc(F)c3c2n1CCCCOCc1n[nH]c(C)c1-3. The molecule has 9 heteroatoms. The highest BCUT2D eigenvalue weighted by atomic mass is 19.1. The van der Waals surface area contributed by atoms with Gasteiger partial charge in [-0.05, 0) is 69.4 Å². The van der Waals surface area contributed by atoms with E-state index in [1.807, 2.05) is 23.6 Å². The van der Waals surface area contributed by atoms with Crippen molar-refractivity contribution in [2.75, 3.05) is 19.8 Å². The summed E-state index contributed by atoms with van der Waals surface area (Å²) >= 11 is 0. The second-order valence-electron chi connectivity index (χ2n) is 10.5. The minimum absolute atomic E-state index is 0.223. The molecule has 6 rings (SSSR count). The van der Waals surface area contributed by atoms with Gasteiger partial charge in [0.1, 0.15) is 23.1 Å². The molecule has 1 aliphatic rings. The summed E-state index contributed by atoms with van der Waals surface area (Å²) < 4.78 is 49.5. The number of esters is 1. The van der Waals surface area contributed by atoms with E-state index < -0.39 is 5.97 Å². The molecular weight excluding hydrogens is 540 g/mol. The van der Waals surface area contributed by atoms with Crippen molar-refractivity contribution in [3.05, 3.63) is 82.8 Å². The molecule has 3 aromatic carbocycles. The Morgan fingerprint density at radius 1 is 1.02 bits per heavy atom. The molecule has 7 nitrogen and oxygen atoms in total. The Balaban J connectivity index is 1.42. The maximum absolute atomic E-state index is 15.8. The van der Waals surface area contributed by atoms with Gasteiger partial charge in [0.25, 0.3) is 0 Å². The monoisotopic (exact) mass is 573 g/mol. The van der Waals surface area contributed by atoms with Crippen molar-refractivity contribution in [1.29, 1.82) is 0 Å². The van der Waals surface area contributed by atoms with E-state index in [-0.39, 0.29) is 24.8 Å². The van der Waals surface area contributed by atoms with Crippen molar-refractivity contribution in [1.82, 2.24) is 14.8 Å². The zero-order valence-electron chi connectivity index (χ0n) is 23.8. The number of hydrogen-bond acceptors (Lipinski definition) is 5. The molecule has 0 fully saturated rings. The Morgan fingerprint density at radius 2 is 1.83 bits per heavy atom. The zero-order valence-corrected chi connectivity index (χ0v) is 23.8. The van der Waals surface area contributed by atoms with Crippen LogP contribution in [-0.2, 0) is 29.0 Å². The van der Waals surface area contributed by atoms with Crippen molar-refractivity contribution >= 4 is 27.6 Å². The van der Waals surface area contributed by atoms with Crippen molar-refractivity contribution in [3.8, 4) is 16.9 Å². The van der Waals surface area contributed by atoms with Gasteiger partial charge in [-0.1, -0.05) is 24.3 Å². The van der Waals surface area contributed by atoms with E-state index in [2.05, 4.69) is 10.2 Å². The predicted octanol–water partition coefficient (Wildman–Crippen LogP) is 7.27. The first-order valence-corrected chi connectivity index (χ1v) is 14.4. The van der Waals surface area contributed by atoms with Crippen molar-refractivity contribution in [3.63, 3.8) is 0 Å². The summed E-state index contributed by atoms with van der Waals surface area (Å²) in [5.41, 5.74) is 4.32. The molecule has 0 unspecified atom stereocenters. The molecule has 1 aliphatic heterocycles. The van der Waals surface area contributed by atoms with Crippen LogP contribution < -0.4 is 4.74 Å². The van der Waals surface area contributed by atoms with Gasteiger partial charge >= 0.3 is 5.97 Å². The molecule has 0 spiro atoms. The van der Waals surface area contributed by atoms with E-state index in [1.54, 1.807) is 31.2 Å². The second kappa shape index (κ2) is 11.9. The fraction of sp³-hybridized carbons (Fsp3) is 0.333. The lowest BCUT2D eigenvalue weighted by atomic mass is 9.97. The summed E-state index contributed by atoms with van der Waals surface area (Å²) in [5, 5.41) is 9.42. The van der Waals surface area contributed by atoms with Crippen molar-refractivity contribution in [2.45, 2.75) is 52.7 Å². The van der Waals surface area contributed by atoms with Gasteiger partial charge in [0, 0.05) is 46.1 Å².